The van der Waals surface area contributed by atoms with E-state index in [0.29, 0.717) is 13.0 Å². The largest absolute Gasteiger partial charge is 0.491 e. The molecule has 1 aliphatic heterocycles. The highest BCUT2D eigenvalue weighted by molar-refractivity contribution is 5.92. The Labute approximate surface area is 136 Å². The predicted molar refractivity (Wildman–Crippen MR) is 89.7 cm³/mol. The number of hydrogen-bond donors (Lipinski definition) is 1. The molecule has 0 aliphatic carbocycles. The molecule has 2 aromatic carbocycles. The minimum atomic E-state index is -0.0239. The predicted octanol–water partition coefficient (Wildman–Crippen LogP) is 3.43. The third kappa shape index (κ3) is 4.83. The van der Waals surface area contributed by atoms with Gasteiger partial charge in [-0.1, -0.05) is 30.3 Å². The zero-order valence-corrected chi connectivity index (χ0v) is 13.0. The van der Waals surface area contributed by atoms with Crippen LogP contribution in [0.1, 0.15) is 18.4 Å². The number of rotatable bonds is 6. The molecule has 1 amide bonds. The third-order valence-corrected chi connectivity index (χ3v) is 3.81. The lowest BCUT2D eigenvalue weighted by Gasteiger charge is -2.12. The van der Waals surface area contributed by atoms with Crippen LogP contribution in [0.25, 0.3) is 0 Å². The van der Waals surface area contributed by atoms with Gasteiger partial charge in [-0.15, -0.1) is 0 Å². The number of ether oxygens (including phenoxy) is 2. The number of carbonyl (C=O) groups excluding carboxylic acids is 1. The van der Waals surface area contributed by atoms with Crippen molar-refractivity contribution in [2.75, 3.05) is 18.5 Å². The molecule has 120 valence electrons. The summed E-state index contributed by atoms with van der Waals surface area (Å²) in [6, 6.07) is 17.1. The quantitative estimate of drug-likeness (QED) is 0.889. The molecule has 0 bridgehead atoms. The van der Waals surface area contributed by atoms with E-state index in [0.717, 1.165) is 36.4 Å². The summed E-state index contributed by atoms with van der Waals surface area (Å²) < 4.78 is 11.2. The first-order chi connectivity index (χ1) is 11.3. The van der Waals surface area contributed by atoms with E-state index in [2.05, 4.69) is 5.32 Å². The van der Waals surface area contributed by atoms with Crippen molar-refractivity contribution in [3.05, 3.63) is 60.2 Å². The summed E-state index contributed by atoms with van der Waals surface area (Å²) in [7, 11) is 0. The number of anilines is 1. The molecule has 1 fully saturated rings. The van der Waals surface area contributed by atoms with Crippen molar-refractivity contribution in [3.8, 4) is 5.75 Å². The number of amides is 1. The van der Waals surface area contributed by atoms with E-state index in [1.807, 2.05) is 54.6 Å². The van der Waals surface area contributed by atoms with Gasteiger partial charge in [0.05, 0.1) is 12.5 Å². The Bertz CT molecular complexity index is 619. The molecule has 1 unspecified atom stereocenters. The molecular formula is C19H21NO3. The number of carbonyl (C=O) groups is 1. The lowest BCUT2D eigenvalue weighted by atomic mass is 10.1. The SMILES string of the molecule is O=C(Cc1ccccc1)Nc1ccc(OCC2CCCO2)cc1. The minimum absolute atomic E-state index is 0.0239. The molecule has 0 saturated carbocycles. The van der Waals surface area contributed by atoms with Crippen LogP contribution in [0, 0.1) is 0 Å². The van der Waals surface area contributed by atoms with Crippen molar-refractivity contribution in [1.82, 2.24) is 0 Å². The van der Waals surface area contributed by atoms with Crippen LogP contribution in [0.15, 0.2) is 54.6 Å². The van der Waals surface area contributed by atoms with Gasteiger partial charge in [-0.05, 0) is 42.7 Å². The van der Waals surface area contributed by atoms with E-state index in [1.165, 1.54) is 0 Å². The lowest BCUT2D eigenvalue weighted by Crippen LogP contribution is -2.16. The Morgan fingerprint density at radius 2 is 1.91 bits per heavy atom. The van der Waals surface area contributed by atoms with Crippen LogP contribution in [0.3, 0.4) is 0 Å². The van der Waals surface area contributed by atoms with Gasteiger partial charge in [-0.3, -0.25) is 4.79 Å². The van der Waals surface area contributed by atoms with Gasteiger partial charge in [0, 0.05) is 12.3 Å². The summed E-state index contributed by atoms with van der Waals surface area (Å²) in [6.07, 6.45) is 2.76. The normalized spacial score (nSPS) is 17.0. The molecule has 1 N–H and O–H groups in total. The zero-order valence-electron chi connectivity index (χ0n) is 13.0. The first kappa shape index (κ1) is 15.6. The van der Waals surface area contributed by atoms with Crippen LogP contribution >= 0.6 is 0 Å². The summed E-state index contributed by atoms with van der Waals surface area (Å²) in [4.78, 5) is 12.0. The molecule has 0 aromatic heterocycles. The number of benzene rings is 2. The highest BCUT2D eigenvalue weighted by Crippen LogP contribution is 2.18. The second kappa shape index (κ2) is 7.79. The third-order valence-electron chi connectivity index (χ3n) is 3.81. The van der Waals surface area contributed by atoms with Gasteiger partial charge in [0.15, 0.2) is 0 Å². The van der Waals surface area contributed by atoms with Gasteiger partial charge in [-0.2, -0.15) is 0 Å². The monoisotopic (exact) mass is 311 g/mol. The fraction of sp³-hybridized carbons (Fsp3) is 0.316. The first-order valence-corrected chi connectivity index (χ1v) is 7.98. The van der Waals surface area contributed by atoms with E-state index in [4.69, 9.17) is 9.47 Å². The summed E-state index contributed by atoms with van der Waals surface area (Å²) >= 11 is 0. The maximum atomic E-state index is 12.0. The molecule has 0 radical (unpaired) electrons. The van der Waals surface area contributed by atoms with Gasteiger partial charge in [0.2, 0.25) is 5.91 Å². The van der Waals surface area contributed by atoms with Crippen LogP contribution in [0.5, 0.6) is 5.75 Å². The van der Waals surface area contributed by atoms with Crippen LogP contribution < -0.4 is 10.1 Å². The summed E-state index contributed by atoms with van der Waals surface area (Å²) in [5.74, 6) is 0.769. The second-order valence-electron chi connectivity index (χ2n) is 5.68. The summed E-state index contributed by atoms with van der Waals surface area (Å²) in [6.45, 7) is 1.42. The van der Waals surface area contributed by atoms with Crippen molar-refractivity contribution in [2.45, 2.75) is 25.4 Å². The topological polar surface area (TPSA) is 47.6 Å². The zero-order chi connectivity index (χ0) is 15.9. The van der Waals surface area contributed by atoms with E-state index in [1.54, 1.807) is 0 Å². The van der Waals surface area contributed by atoms with Crippen molar-refractivity contribution < 1.29 is 14.3 Å². The van der Waals surface area contributed by atoms with Crippen LogP contribution in [0.2, 0.25) is 0 Å². The highest BCUT2D eigenvalue weighted by atomic mass is 16.5. The maximum Gasteiger partial charge on any atom is 0.228 e. The molecule has 4 nitrogen and oxygen atoms in total. The Morgan fingerprint density at radius 1 is 1.13 bits per heavy atom. The average molecular weight is 311 g/mol. The Morgan fingerprint density at radius 3 is 2.61 bits per heavy atom. The van der Waals surface area contributed by atoms with Crippen molar-refractivity contribution in [2.24, 2.45) is 0 Å². The van der Waals surface area contributed by atoms with E-state index in [-0.39, 0.29) is 12.0 Å². The first-order valence-electron chi connectivity index (χ1n) is 7.98. The van der Waals surface area contributed by atoms with Gasteiger partial charge < -0.3 is 14.8 Å². The number of hydrogen-bond acceptors (Lipinski definition) is 3. The fourth-order valence-corrected chi connectivity index (χ4v) is 2.59. The molecule has 1 heterocycles. The van der Waals surface area contributed by atoms with E-state index < -0.39 is 0 Å². The molecule has 1 atom stereocenters. The Hall–Kier alpha value is -2.33. The molecular weight excluding hydrogens is 290 g/mol. The molecule has 1 saturated heterocycles. The van der Waals surface area contributed by atoms with E-state index >= 15 is 0 Å². The van der Waals surface area contributed by atoms with Crippen molar-refractivity contribution in [3.63, 3.8) is 0 Å². The van der Waals surface area contributed by atoms with Gasteiger partial charge >= 0.3 is 0 Å². The number of nitrogens with one attached hydrogen (secondary N) is 1. The lowest BCUT2D eigenvalue weighted by molar-refractivity contribution is -0.115. The molecule has 4 heteroatoms. The Balaban J connectivity index is 1.47. The molecule has 0 spiro atoms. The minimum Gasteiger partial charge on any atom is -0.491 e. The van der Waals surface area contributed by atoms with Crippen LogP contribution in [0.4, 0.5) is 5.69 Å². The molecule has 1 aliphatic rings. The smallest absolute Gasteiger partial charge is 0.228 e. The van der Waals surface area contributed by atoms with Crippen molar-refractivity contribution >= 4 is 11.6 Å². The van der Waals surface area contributed by atoms with Gasteiger partial charge in [-0.25, -0.2) is 0 Å². The molecule has 3 rings (SSSR count). The van der Waals surface area contributed by atoms with E-state index in [9.17, 15) is 4.79 Å². The standard InChI is InChI=1S/C19H21NO3/c21-19(13-15-5-2-1-3-6-15)20-16-8-10-17(11-9-16)23-14-18-7-4-12-22-18/h1-3,5-6,8-11,18H,4,7,12-14H2,(H,20,21). The van der Waals surface area contributed by atoms with Crippen LogP contribution in [-0.2, 0) is 16.0 Å². The highest BCUT2D eigenvalue weighted by Gasteiger charge is 2.15. The van der Waals surface area contributed by atoms with Gasteiger partial charge in [0.25, 0.3) is 0 Å². The second-order valence-corrected chi connectivity index (χ2v) is 5.68. The molecule has 2 aromatic rings. The Kier molecular flexibility index (Phi) is 5.27. The van der Waals surface area contributed by atoms with Crippen LogP contribution in [-0.4, -0.2) is 25.2 Å². The summed E-state index contributed by atoms with van der Waals surface area (Å²) in [5, 5.41) is 2.90. The maximum absolute atomic E-state index is 12.0. The van der Waals surface area contributed by atoms with Gasteiger partial charge in [0.1, 0.15) is 12.4 Å². The summed E-state index contributed by atoms with van der Waals surface area (Å²) in [5.41, 5.74) is 1.77. The average Bonchev–Trinajstić information content (AvgIpc) is 3.08. The fourth-order valence-electron chi connectivity index (χ4n) is 2.59. The molecule has 23 heavy (non-hydrogen) atoms. The van der Waals surface area contributed by atoms with Crippen molar-refractivity contribution in [1.29, 1.82) is 0 Å².